The SMILES string of the molecule is Cc1cc2c3c(c1)N(c1ccc4c(c1)C(C)(C)CCC4(C)C)c1sc4cc5c(cc4c1B3c1cc3c(cc1N2C1=CC2C(C=C1c1ccccc1)C(C)(C)CCC2(C)C)C(C)(C)CCC3(C)C)C1(C)CCC5(C)CC1. The summed E-state index contributed by atoms with van der Waals surface area (Å²) in [5, 5.41) is 2.91. The lowest BCUT2D eigenvalue weighted by Gasteiger charge is -2.53. The van der Waals surface area contributed by atoms with Crippen molar-refractivity contribution < 1.29 is 0 Å². The molecule has 0 spiro atoms. The first-order chi connectivity index (χ1) is 35.2. The van der Waals surface area contributed by atoms with Crippen molar-refractivity contribution in [1.82, 2.24) is 0 Å². The van der Waals surface area contributed by atoms with Gasteiger partial charge in [0.25, 0.3) is 6.71 Å². The Kier molecular flexibility index (Phi) is 9.89. The van der Waals surface area contributed by atoms with Crippen molar-refractivity contribution in [2.24, 2.45) is 22.7 Å². The van der Waals surface area contributed by atoms with E-state index in [4.69, 9.17) is 0 Å². The normalized spacial score (nSPS) is 28.2. The maximum atomic E-state index is 2.85. The van der Waals surface area contributed by atoms with Crippen LogP contribution in [0.1, 0.15) is 206 Å². The van der Waals surface area contributed by atoms with Gasteiger partial charge in [-0.05, 0) is 235 Å². The topological polar surface area (TPSA) is 6.48 Å². The Balaban J connectivity index is 1.12. The van der Waals surface area contributed by atoms with E-state index in [1.54, 1.807) is 16.7 Å². The molecule has 0 amide bonds. The molecule has 2 unspecified atom stereocenters. The zero-order valence-corrected chi connectivity index (χ0v) is 49.2. The van der Waals surface area contributed by atoms with Crippen LogP contribution in [0.5, 0.6) is 0 Å². The van der Waals surface area contributed by atoms with Crippen LogP contribution < -0.4 is 26.2 Å². The predicted molar refractivity (Wildman–Crippen MR) is 325 cm³/mol. The molecular formula is C71H83BN2S. The monoisotopic (exact) mass is 1010 g/mol. The summed E-state index contributed by atoms with van der Waals surface area (Å²) in [5.74, 6) is 0.834. The van der Waals surface area contributed by atoms with Gasteiger partial charge in [0.1, 0.15) is 0 Å². The van der Waals surface area contributed by atoms with Gasteiger partial charge in [-0.2, -0.15) is 0 Å². The smallest absolute Gasteiger partial charge is 0.254 e. The first-order valence-corrected chi connectivity index (χ1v) is 30.2. The average molecular weight is 1010 g/mol. The van der Waals surface area contributed by atoms with Crippen LogP contribution in [0.25, 0.3) is 15.7 Å². The van der Waals surface area contributed by atoms with Gasteiger partial charge in [0, 0.05) is 38.7 Å². The molecule has 3 heterocycles. The lowest BCUT2D eigenvalue weighted by Crippen LogP contribution is -2.62. The summed E-state index contributed by atoms with van der Waals surface area (Å²) in [6.45, 7) is 38.0. The van der Waals surface area contributed by atoms with Gasteiger partial charge >= 0.3 is 0 Å². The van der Waals surface area contributed by atoms with Crippen molar-refractivity contribution in [3.05, 3.63) is 147 Å². The van der Waals surface area contributed by atoms with Crippen molar-refractivity contribution in [3.8, 4) is 0 Å². The number of rotatable bonds is 3. The third kappa shape index (κ3) is 6.75. The highest BCUT2D eigenvalue weighted by Gasteiger charge is 2.54. The lowest BCUT2D eigenvalue weighted by atomic mass is 9.33. The third-order valence-electron chi connectivity index (χ3n) is 22.7. The van der Waals surface area contributed by atoms with Crippen LogP contribution in [0.15, 0.2) is 103 Å². The van der Waals surface area contributed by atoms with Gasteiger partial charge < -0.3 is 9.80 Å². The van der Waals surface area contributed by atoms with Crippen molar-refractivity contribution >= 4 is 77.8 Å². The number of hydrogen-bond donors (Lipinski definition) is 0. The molecule has 0 N–H and O–H groups in total. The maximum absolute atomic E-state index is 2.85. The fraction of sp³-hybridized carbons (Fsp3) is 0.493. The Morgan fingerprint density at radius 1 is 0.467 bits per heavy atom. The number of hydrogen-bond acceptors (Lipinski definition) is 3. The van der Waals surface area contributed by atoms with Crippen LogP contribution in [0.3, 0.4) is 0 Å². The summed E-state index contributed by atoms with van der Waals surface area (Å²) in [5.41, 5.74) is 25.8. The fourth-order valence-corrected chi connectivity index (χ4v) is 18.4. The van der Waals surface area contributed by atoms with Crippen molar-refractivity contribution in [1.29, 1.82) is 0 Å². The molecular weight excluding hydrogens is 924 g/mol. The molecule has 9 aliphatic rings. The van der Waals surface area contributed by atoms with E-state index in [1.165, 1.54) is 158 Å². The van der Waals surface area contributed by atoms with E-state index in [9.17, 15) is 0 Å². The van der Waals surface area contributed by atoms with Crippen LogP contribution in [0.2, 0.25) is 0 Å². The first-order valence-electron chi connectivity index (χ1n) is 29.4. The molecule has 6 aromatic rings. The minimum absolute atomic E-state index is 0.0471. The minimum Gasteiger partial charge on any atom is -0.311 e. The summed E-state index contributed by atoms with van der Waals surface area (Å²) in [6.07, 6.45) is 18.0. The van der Waals surface area contributed by atoms with E-state index in [1.807, 2.05) is 0 Å². The van der Waals surface area contributed by atoms with E-state index in [0.29, 0.717) is 11.8 Å². The Morgan fingerprint density at radius 3 is 1.61 bits per heavy atom. The molecule has 7 aliphatic carbocycles. The van der Waals surface area contributed by atoms with Crippen LogP contribution >= 0.6 is 11.3 Å². The van der Waals surface area contributed by atoms with Gasteiger partial charge in [-0.15, -0.1) is 11.3 Å². The van der Waals surface area contributed by atoms with Crippen LogP contribution in [0.4, 0.5) is 27.8 Å². The molecule has 2 fully saturated rings. The first kappa shape index (κ1) is 48.6. The van der Waals surface area contributed by atoms with Crippen LogP contribution in [-0.2, 0) is 32.5 Å². The van der Waals surface area contributed by atoms with Crippen molar-refractivity contribution in [2.45, 2.75) is 201 Å². The van der Waals surface area contributed by atoms with Gasteiger partial charge in [-0.3, -0.25) is 0 Å². The average Bonchev–Trinajstić information content (AvgIpc) is 3.76. The van der Waals surface area contributed by atoms with Crippen LogP contribution in [-0.4, -0.2) is 6.71 Å². The summed E-state index contributed by atoms with van der Waals surface area (Å²) < 4.78 is 1.47. The zero-order valence-electron chi connectivity index (χ0n) is 48.3. The largest absolute Gasteiger partial charge is 0.311 e. The molecule has 15 rings (SSSR count). The number of aryl methyl sites for hydroxylation is 1. The van der Waals surface area contributed by atoms with Gasteiger partial charge in [-0.25, -0.2) is 0 Å². The second-order valence-electron chi connectivity index (χ2n) is 30.4. The maximum Gasteiger partial charge on any atom is 0.254 e. The molecule has 0 radical (unpaired) electrons. The van der Waals surface area contributed by atoms with E-state index >= 15 is 0 Å². The molecule has 2 bridgehead atoms. The van der Waals surface area contributed by atoms with Crippen LogP contribution in [0, 0.1) is 29.6 Å². The molecule has 5 aromatic carbocycles. The molecule has 386 valence electrons. The summed E-state index contributed by atoms with van der Waals surface area (Å²) in [6, 6.07) is 35.4. The fourth-order valence-electron chi connectivity index (χ4n) is 17.1. The number of benzene rings is 5. The highest BCUT2D eigenvalue weighted by molar-refractivity contribution is 7.26. The Morgan fingerprint density at radius 2 is 1.00 bits per heavy atom. The van der Waals surface area contributed by atoms with E-state index in [2.05, 4.69) is 222 Å². The molecule has 1 aromatic heterocycles. The number of fused-ring (bicyclic) bond motifs is 11. The molecule has 75 heavy (non-hydrogen) atoms. The second kappa shape index (κ2) is 15.3. The van der Waals surface area contributed by atoms with Gasteiger partial charge in [-0.1, -0.05) is 152 Å². The number of anilines is 5. The van der Waals surface area contributed by atoms with E-state index < -0.39 is 0 Å². The third-order valence-corrected chi connectivity index (χ3v) is 23.8. The second-order valence-corrected chi connectivity index (χ2v) is 31.4. The van der Waals surface area contributed by atoms with Gasteiger partial charge in [0.05, 0.1) is 5.00 Å². The van der Waals surface area contributed by atoms with Crippen molar-refractivity contribution in [2.75, 3.05) is 9.80 Å². The van der Waals surface area contributed by atoms with E-state index in [-0.39, 0.29) is 50.0 Å². The Bertz CT molecular complexity index is 3520. The molecule has 2 nitrogen and oxygen atoms in total. The Hall–Kier alpha value is -4.80. The quantitative estimate of drug-likeness (QED) is 0.163. The van der Waals surface area contributed by atoms with Crippen molar-refractivity contribution in [3.63, 3.8) is 0 Å². The minimum atomic E-state index is 0.0471. The van der Waals surface area contributed by atoms with Gasteiger partial charge in [0.15, 0.2) is 0 Å². The molecule has 4 heteroatoms. The molecule has 0 saturated heterocycles. The highest BCUT2D eigenvalue weighted by atomic mass is 32.1. The highest BCUT2D eigenvalue weighted by Crippen LogP contribution is 2.61. The number of nitrogens with zero attached hydrogens (tertiary/aromatic N) is 2. The molecule has 2 saturated carbocycles. The molecule has 2 atom stereocenters. The molecule has 2 aliphatic heterocycles. The summed E-state index contributed by atoms with van der Waals surface area (Å²) >= 11 is 2.09. The standard InChI is InChI=1S/C71H83BN2S/c1-42-33-58-62-59(34-42)74(56-39-51-49(66(6,7)25-27-68(51,10)11)36-45(56)43-19-17-16-18-20-43)57-40-52-50(67(8,9)26-28-69(52,12)13)38-55(57)72(62)61-46-37-53-54(71(15)31-29-70(53,14)30-32-71)41-60(46)75-63(61)73(58)44-21-22-47-48(35-44)65(4,5)24-23-64(47,2)3/h16-22,33-41,49,51H,23-32H2,1-15H3. The predicted octanol–water partition coefficient (Wildman–Crippen LogP) is 17.8. The lowest BCUT2D eigenvalue weighted by molar-refractivity contribution is 0.0332. The summed E-state index contributed by atoms with van der Waals surface area (Å²) in [7, 11) is 0. The zero-order chi connectivity index (χ0) is 52.5. The van der Waals surface area contributed by atoms with Gasteiger partial charge in [0.2, 0.25) is 0 Å². The van der Waals surface area contributed by atoms with E-state index in [0.717, 1.165) is 0 Å². The number of allylic oxidation sites excluding steroid dienone is 3. The summed E-state index contributed by atoms with van der Waals surface area (Å²) in [4.78, 5) is 5.64. The number of thiophene rings is 1. The Labute approximate surface area is 455 Å².